The number of rotatable bonds is 3. The number of carbonyl (C=O) groups is 1. The van der Waals surface area contributed by atoms with Crippen LogP contribution in [0.2, 0.25) is 0 Å². The van der Waals surface area contributed by atoms with Gasteiger partial charge in [-0.15, -0.1) is 0 Å². The highest BCUT2D eigenvalue weighted by Crippen LogP contribution is 2.64. The fourth-order valence-electron chi connectivity index (χ4n) is 6.91. The van der Waals surface area contributed by atoms with Gasteiger partial charge in [0.2, 0.25) is 5.91 Å². The van der Waals surface area contributed by atoms with E-state index < -0.39 is 0 Å². The number of nitrogens with zero attached hydrogens (tertiary/aromatic N) is 2. The van der Waals surface area contributed by atoms with E-state index in [1.807, 2.05) is 0 Å². The van der Waals surface area contributed by atoms with Gasteiger partial charge in [-0.1, -0.05) is 45.8 Å². The lowest BCUT2D eigenvalue weighted by Crippen LogP contribution is -2.61. The maximum Gasteiger partial charge on any atom is 0.228 e. The van der Waals surface area contributed by atoms with E-state index in [0.717, 1.165) is 63.8 Å². The van der Waals surface area contributed by atoms with Gasteiger partial charge in [0, 0.05) is 37.0 Å². The lowest BCUT2D eigenvalue weighted by molar-refractivity contribution is -0.157. The second-order valence-corrected chi connectivity index (χ2v) is 11.6. The number of benzene rings is 1. The topological polar surface area (TPSA) is 23.6 Å². The van der Waals surface area contributed by atoms with Crippen LogP contribution >= 0.6 is 15.9 Å². The summed E-state index contributed by atoms with van der Waals surface area (Å²) in [4.78, 5) is 18.3. The van der Waals surface area contributed by atoms with E-state index in [9.17, 15) is 4.79 Å². The average Bonchev–Trinajstić information content (AvgIpc) is 2.60. The minimum atomic E-state index is -0.0493. The molecule has 1 aromatic carbocycles. The SMILES string of the molecule is Cc1cccc(CN2CCN(C(=O)C34CC5CC(CC(Br)(C5)C3)C4)CC2)c1. The second-order valence-electron chi connectivity index (χ2n) is 9.95. The number of amides is 1. The van der Waals surface area contributed by atoms with Crippen LogP contribution in [-0.2, 0) is 11.3 Å². The molecule has 5 aliphatic rings. The van der Waals surface area contributed by atoms with Crippen molar-refractivity contribution < 1.29 is 4.79 Å². The van der Waals surface area contributed by atoms with Crippen LogP contribution in [0, 0.1) is 24.2 Å². The van der Waals surface area contributed by atoms with Crippen molar-refractivity contribution in [2.75, 3.05) is 26.2 Å². The van der Waals surface area contributed by atoms with E-state index in [4.69, 9.17) is 0 Å². The number of halogens is 1. The monoisotopic (exact) mass is 430 g/mol. The molecule has 0 radical (unpaired) electrons. The molecule has 27 heavy (non-hydrogen) atoms. The van der Waals surface area contributed by atoms with E-state index in [-0.39, 0.29) is 9.74 Å². The highest BCUT2D eigenvalue weighted by Gasteiger charge is 2.60. The van der Waals surface area contributed by atoms with E-state index in [1.165, 1.54) is 30.4 Å². The average molecular weight is 431 g/mol. The van der Waals surface area contributed by atoms with Crippen molar-refractivity contribution in [3.05, 3.63) is 35.4 Å². The third-order valence-electron chi connectivity index (χ3n) is 7.59. The summed E-state index contributed by atoms with van der Waals surface area (Å²) >= 11 is 4.06. The van der Waals surface area contributed by atoms with Crippen LogP contribution < -0.4 is 0 Å². The van der Waals surface area contributed by atoms with Gasteiger partial charge in [-0.2, -0.15) is 0 Å². The maximum atomic E-state index is 13.6. The second kappa shape index (κ2) is 6.59. The summed E-state index contributed by atoms with van der Waals surface area (Å²) in [6.07, 6.45) is 7.34. The van der Waals surface area contributed by atoms with Crippen LogP contribution in [0.15, 0.2) is 24.3 Å². The van der Waals surface area contributed by atoms with Crippen molar-refractivity contribution in [2.45, 2.75) is 56.3 Å². The van der Waals surface area contributed by atoms with Gasteiger partial charge < -0.3 is 4.90 Å². The Morgan fingerprint density at radius 1 is 1.11 bits per heavy atom. The first-order valence-electron chi connectivity index (χ1n) is 10.7. The lowest BCUT2D eigenvalue weighted by Gasteiger charge is -2.60. The predicted octanol–water partition coefficient (Wildman–Crippen LogP) is 4.37. The van der Waals surface area contributed by atoms with Crippen molar-refractivity contribution >= 4 is 21.8 Å². The molecule has 1 heterocycles. The van der Waals surface area contributed by atoms with Gasteiger partial charge in [0.1, 0.15) is 0 Å². The minimum Gasteiger partial charge on any atom is -0.340 e. The highest BCUT2D eigenvalue weighted by molar-refractivity contribution is 9.10. The van der Waals surface area contributed by atoms with Gasteiger partial charge in [-0.25, -0.2) is 0 Å². The molecule has 2 unspecified atom stereocenters. The van der Waals surface area contributed by atoms with Crippen molar-refractivity contribution in [1.29, 1.82) is 0 Å². The molecule has 0 aromatic heterocycles. The van der Waals surface area contributed by atoms with Crippen molar-refractivity contribution in [3.63, 3.8) is 0 Å². The van der Waals surface area contributed by atoms with Crippen molar-refractivity contribution in [3.8, 4) is 0 Å². The number of aryl methyl sites for hydroxylation is 1. The summed E-state index contributed by atoms with van der Waals surface area (Å²) in [6, 6.07) is 8.80. The highest BCUT2D eigenvalue weighted by atomic mass is 79.9. The first kappa shape index (κ1) is 18.2. The molecule has 1 amide bonds. The Bertz CT molecular complexity index is 726. The smallest absolute Gasteiger partial charge is 0.228 e. The molecule has 4 aliphatic carbocycles. The minimum absolute atomic E-state index is 0.0493. The van der Waals surface area contributed by atoms with Gasteiger partial charge in [0.25, 0.3) is 0 Å². The van der Waals surface area contributed by atoms with Crippen LogP contribution in [0.3, 0.4) is 0 Å². The Labute approximate surface area is 171 Å². The molecule has 4 heteroatoms. The van der Waals surface area contributed by atoms with E-state index in [0.29, 0.717) is 5.91 Å². The van der Waals surface area contributed by atoms with Crippen molar-refractivity contribution in [2.24, 2.45) is 17.3 Å². The standard InChI is InChI=1S/C23H31BrN2O/c1-17-3-2-4-18(9-17)15-25-5-7-26(8-6-25)21(27)22-11-19-10-20(12-22)14-23(24,13-19)16-22/h2-4,9,19-20H,5-8,10-16H2,1H3. The summed E-state index contributed by atoms with van der Waals surface area (Å²) in [7, 11) is 0. The first-order chi connectivity index (χ1) is 12.9. The zero-order chi connectivity index (χ0) is 18.6. The molecule has 3 nitrogen and oxygen atoms in total. The number of piperazine rings is 1. The van der Waals surface area contributed by atoms with Gasteiger partial charge in [0.05, 0.1) is 5.41 Å². The molecule has 1 aromatic rings. The van der Waals surface area contributed by atoms with Crippen LogP contribution in [0.5, 0.6) is 0 Å². The zero-order valence-corrected chi connectivity index (χ0v) is 18.0. The summed E-state index contributed by atoms with van der Waals surface area (Å²) in [5.74, 6) is 2.03. The number of carbonyl (C=O) groups excluding carboxylic acids is 1. The third-order valence-corrected chi connectivity index (χ3v) is 8.52. The molecule has 4 saturated carbocycles. The lowest BCUT2D eigenvalue weighted by atomic mass is 9.49. The Balaban J connectivity index is 1.23. The molecule has 4 bridgehead atoms. The Hall–Kier alpha value is -0.870. The number of alkyl halides is 1. The molecule has 0 N–H and O–H groups in total. The number of hydrogen-bond donors (Lipinski definition) is 0. The fraction of sp³-hybridized carbons (Fsp3) is 0.696. The number of hydrogen-bond acceptors (Lipinski definition) is 2. The molecule has 0 spiro atoms. The summed E-state index contributed by atoms with van der Waals surface area (Å²) < 4.78 is 0.264. The van der Waals surface area contributed by atoms with Crippen molar-refractivity contribution in [1.82, 2.24) is 9.80 Å². The Morgan fingerprint density at radius 3 is 2.44 bits per heavy atom. The third kappa shape index (κ3) is 3.37. The van der Waals surface area contributed by atoms with Gasteiger partial charge in [0.15, 0.2) is 0 Å². The summed E-state index contributed by atoms with van der Waals surface area (Å²) in [5, 5.41) is 0. The molecular weight excluding hydrogens is 400 g/mol. The molecule has 146 valence electrons. The van der Waals surface area contributed by atoms with E-state index in [1.54, 1.807) is 0 Å². The zero-order valence-electron chi connectivity index (χ0n) is 16.4. The summed E-state index contributed by atoms with van der Waals surface area (Å²) in [6.45, 7) is 6.96. The van der Waals surface area contributed by atoms with Crippen LogP contribution in [0.25, 0.3) is 0 Å². The summed E-state index contributed by atoms with van der Waals surface area (Å²) in [5.41, 5.74) is 2.66. The predicted molar refractivity (Wildman–Crippen MR) is 112 cm³/mol. The Kier molecular flexibility index (Phi) is 4.43. The molecule has 1 saturated heterocycles. The molecular formula is C23H31BrN2O. The van der Waals surface area contributed by atoms with Gasteiger partial charge in [-0.05, 0) is 62.8 Å². The molecule has 6 rings (SSSR count). The van der Waals surface area contributed by atoms with Crippen LogP contribution in [0.1, 0.15) is 49.7 Å². The largest absolute Gasteiger partial charge is 0.340 e. The maximum absolute atomic E-state index is 13.6. The van der Waals surface area contributed by atoms with E-state index in [2.05, 4.69) is 56.9 Å². The van der Waals surface area contributed by atoms with E-state index >= 15 is 0 Å². The van der Waals surface area contributed by atoms with Gasteiger partial charge in [-0.3, -0.25) is 9.69 Å². The Morgan fingerprint density at radius 2 is 1.81 bits per heavy atom. The van der Waals surface area contributed by atoms with Crippen LogP contribution in [0.4, 0.5) is 0 Å². The quantitative estimate of drug-likeness (QED) is 0.664. The molecule has 2 atom stereocenters. The molecule has 1 aliphatic heterocycles. The first-order valence-corrected chi connectivity index (χ1v) is 11.5. The fourth-order valence-corrected chi connectivity index (χ4v) is 8.37. The van der Waals surface area contributed by atoms with Gasteiger partial charge >= 0.3 is 0 Å². The molecule has 5 fully saturated rings. The normalized spacial score (nSPS) is 38.4. The van der Waals surface area contributed by atoms with Crippen LogP contribution in [-0.4, -0.2) is 46.2 Å².